The van der Waals surface area contributed by atoms with Crippen molar-refractivity contribution in [2.75, 3.05) is 20.1 Å². The number of nitrogens with one attached hydrogen (secondary N) is 1. The van der Waals surface area contributed by atoms with Crippen LogP contribution in [-0.4, -0.2) is 31.1 Å². The van der Waals surface area contributed by atoms with Gasteiger partial charge in [0.2, 0.25) is 0 Å². The summed E-state index contributed by atoms with van der Waals surface area (Å²) in [6, 6.07) is 9.12. The third-order valence-corrected chi connectivity index (χ3v) is 4.10. The van der Waals surface area contributed by atoms with Crippen molar-refractivity contribution in [2.45, 2.75) is 25.4 Å². The van der Waals surface area contributed by atoms with Crippen molar-refractivity contribution in [3.63, 3.8) is 0 Å². The van der Waals surface area contributed by atoms with Gasteiger partial charge in [-0.15, -0.1) is 12.4 Å². The van der Waals surface area contributed by atoms with E-state index in [1.165, 1.54) is 29.4 Å². The fraction of sp³-hybridized carbons (Fsp3) is 0.538. The second-order valence-electron chi connectivity index (χ2n) is 4.50. The molecule has 1 unspecified atom stereocenters. The average Bonchev–Trinajstić information content (AvgIpc) is 2.67. The maximum atomic E-state index is 3.57. The van der Waals surface area contributed by atoms with E-state index in [4.69, 9.17) is 0 Å². The number of rotatable bonds is 4. The summed E-state index contributed by atoms with van der Waals surface area (Å²) >= 11 is 3.57. The van der Waals surface area contributed by atoms with Crippen molar-refractivity contribution in [2.24, 2.45) is 0 Å². The van der Waals surface area contributed by atoms with E-state index in [1.54, 1.807) is 0 Å². The van der Waals surface area contributed by atoms with Gasteiger partial charge >= 0.3 is 0 Å². The molecule has 1 heterocycles. The summed E-state index contributed by atoms with van der Waals surface area (Å²) in [5.41, 5.74) is 1.34. The van der Waals surface area contributed by atoms with Crippen LogP contribution in [0.15, 0.2) is 28.7 Å². The minimum atomic E-state index is 0. The highest BCUT2D eigenvalue weighted by molar-refractivity contribution is 9.10. The van der Waals surface area contributed by atoms with Gasteiger partial charge < -0.3 is 10.2 Å². The third kappa shape index (κ3) is 4.25. The van der Waals surface area contributed by atoms with Gasteiger partial charge in [-0.1, -0.05) is 34.1 Å². The highest BCUT2D eigenvalue weighted by atomic mass is 79.9. The Balaban J connectivity index is 0.00000144. The molecule has 0 aliphatic carbocycles. The molecule has 0 saturated carbocycles. The van der Waals surface area contributed by atoms with E-state index < -0.39 is 0 Å². The van der Waals surface area contributed by atoms with Crippen LogP contribution < -0.4 is 5.32 Å². The highest BCUT2D eigenvalue weighted by Crippen LogP contribution is 2.16. The van der Waals surface area contributed by atoms with Crippen molar-refractivity contribution in [3.8, 4) is 0 Å². The molecule has 1 fully saturated rings. The largest absolute Gasteiger partial charge is 0.311 e. The van der Waals surface area contributed by atoms with Crippen LogP contribution in [0.25, 0.3) is 0 Å². The van der Waals surface area contributed by atoms with Crippen LogP contribution in [0.3, 0.4) is 0 Å². The predicted octanol–water partition coefficient (Wildman–Crippen LogP) is 3.05. The molecule has 1 saturated heterocycles. The van der Waals surface area contributed by atoms with Gasteiger partial charge in [-0.3, -0.25) is 0 Å². The summed E-state index contributed by atoms with van der Waals surface area (Å²) in [4.78, 5) is 2.45. The van der Waals surface area contributed by atoms with E-state index in [2.05, 4.69) is 57.5 Å². The van der Waals surface area contributed by atoms with E-state index in [0.717, 1.165) is 19.1 Å². The minimum Gasteiger partial charge on any atom is -0.311 e. The second-order valence-corrected chi connectivity index (χ2v) is 5.35. The van der Waals surface area contributed by atoms with E-state index in [0.29, 0.717) is 0 Å². The lowest BCUT2D eigenvalue weighted by atomic mass is 10.2. The molecule has 1 aromatic carbocycles. The van der Waals surface area contributed by atoms with Gasteiger partial charge in [0.15, 0.2) is 0 Å². The van der Waals surface area contributed by atoms with Crippen LogP contribution in [-0.2, 0) is 6.54 Å². The number of halogens is 2. The van der Waals surface area contributed by atoms with Crippen LogP contribution in [0.1, 0.15) is 18.4 Å². The Morgan fingerprint density at radius 3 is 2.82 bits per heavy atom. The maximum Gasteiger partial charge on any atom is 0.0220 e. The Bertz CT molecular complexity index is 346. The highest BCUT2D eigenvalue weighted by Gasteiger charge is 2.19. The summed E-state index contributed by atoms with van der Waals surface area (Å²) < 4.78 is 1.20. The molecule has 17 heavy (non-hydrogen) atoms. The zero-order valence-corrected chi connectivity index (χ0v) is 12.6. The van der Waals surface area contributed by atoms with Gasteiger partial charge in [0.05, 0.1) is 0 Å². The fourth-order valence-electron chi connectivity index (χ4n) is 2.25. The lowest BCUT2D eigenvalue weighted by molar-refractivity contribution is 0.300. The van der Waals surface area contributed by atoms with Crippen molar-refractivity contribution < 1.29 is 0 Å². The molecule has 0 aromatic heterocycles. The van der Waals surface area contributed by atoms with Crippen molar-refractivity contribution in [1.82, 2.24) is 10.2 Å². The first kappa shape index (κ1) is 15.0. The van der Waals surface area contributed by atoms with Crippen molar-refractivity contribution in [3.05, 3.63) is 34.3 Å². The number of benzene rings is 1. The second kappa shape index (κ2) is 7.37. The van der Waals surface area contributed by atoms with E-state index in [1.807, 2.05) is 0 Å². The van der Waals surface area contributed by atoms with Gasteiger partial charge in [-0.2, -0.15) is 0 Å². The van der Waals surface area contributed by atoms with Crippen LogP contribution in [0.2, 0.25) is 0 Å². The number of nitrogens with zero attached hydrogens (tertiary/aromatic N) is 1. The number of likely N-dealkylation sites (N-methyl/N-ethyl adjacent to an activating group) is 1. The van der Waals surface area contributed by atoms with Crippen LogP contribution in [0, 0.1) is 0 Å². The topological polar surface area (TPSA) is 15.3 Å². The SMILES string of the molecule is CN1CCCC1CNCc1ccccc1Br.Cl. The summed E-state index contributed by atoms with van der Waals surface area (Å²) in [6.07, 6.45) is 2.68. The molecular formula is C13H20BrClN2. The molecule has 4 heteroatoms. The normalized spacial score (nSPS) is 20.2. The van der Waals surface area contributed by atoms with Gasteiger partial charge in [0, 0.05) is 23.6 Å². The van der Waals surface area contributed by atoms with E-state index >= 15 is 0 Å². The average molecular weight is 320 g/mol. The fourth-order valence-corrected chi connectivity index (χ4v) is 2.68. The van der Waals surface area contributed by atoms with Gasteiger partial charge in [0.1, 0.15) is 0 Å². The summed E-state index contributed by atoms with van der Waals surface area (Å²) in [6.45, 7) is 3.30. The molecule has 1 aliphatic heterocycles. The van der Waals surface area contributed by atoms with Gasteiger partial charge in [-0.05, 0) is 38.1 Å². The summed E-state index contributed by atoms with van der Waals surface area (Å²) in [5, 5.41) is 3.54. The Morgan fingerprint density at radius 1 is 1.41 bits per heavy atom. The summed E-state index contributed by atoms with van der Waals surface area (Å²) in [5.74, 6) is 0. The molecule has 0 amide bonds. The smallest absolute Gasteiger partial charge is 0.0220 e. The van der Waals surface area contributed by atoms with Crippen molar-refractivity contribution >= 4 is 28.3 Å². The molecule has 0 spiro atoms. The first-order valence-electron chi connectivity index (χ1n) is 5.92. The minimum absolute atomic E-state index is 0. The lowest BCUT2D eigenvalue weighted by Crippen LogP contribution is -2.35. The molecule has 1 atom stereocenters. The first-order chi connectivity index (χ1) is 7.77. The van der Waals surface area contributed by atoms with Crippen molar-refractivity contribution in [1.29, 1.82) is 0 Å². The predicted molar refractivity (Wildman–Crippen MR) is 78.7 cm³/mol. The molecular weight excluding hydrogens is 300 g/mol. The van der Waals surface area contributed by atoms with Gasteiger partial charge in [-0.25, -0.2) is 0 Å². The Labute approximate surface area is 118 Å². The van der Waals surface area contributed by atoms with E-state index in [-0.39, 0.29) is 12.4 Å². The summed E-state index contributed by atoms with van der Waals surface area (Å²) in [7, 11) is 2.22. The Kier molecular flexibility index (Phi) is 6.49. The standard InChI is InChI=1S/C13H19BrN2.ClH/c1-16-8-4-6-12(16)10-15-9-11-5-2-3-7-13(11)14;/h2-3,5,7,12,15H,4,6,8-10H2,1H3;1H. The molecule has 96 valence electrons. The molecule has 0 bridgehead atoms. The van der Waals surface area contributed by atoms with E-state index in [9.17, 15) is 0 Å². The molecule has 1 aromatic rings. The molecule has 1 N–H and O–H groups in total. The first-order valence-corrected chi connectivity index (χ1v) is 6.71. The number of hydrogen-bond donors (Lipinski definition) is 1. The number of hydrogen-bond acceptors (Lipinski definition) is 2. The number of likely N-dealkylation sites (tertiary alicyclic amines) is 1. The molecule has 0 radical (unpaired) electrons. The maximum absolute atomic E-state index is 3.57. The monoisotopic (exact) mass is 318 g/mol. The quantitative estimate of drug-likeness (QED) is 0.917. The zero-order valence-electron chi connectivity index (χ0n) is 10.2. The van der Waals surface area contributed by atoms with Crippen LogP contribution >= 0.6 is 28.3 Å². The van der Waals surface area contributed by atoms with Crippen LogP contribution in [0.5, 0.6) is 0 Å². The van der Waals surface area contributed by atoms with Gasteiger partial charge in [0.25, 0.3) is 0 Å². The lowest BCUT2D eigenvalue weighted by Gasteiger charge is -2.19. The van der Waals surface area contributed by atoms with Crippen LogP contribution in [0.4, 0.5) is 0 Å². The molecule has 2 nitrogen and oxygen atoms in total. The Morgan fingerprint density at radius 2 is 2.18 bits per heavy atom. The Hall–Kier alpha value is -0.0900. The molecule has 1 aliphatic rings. The third-order valence-electron chi connectivity index (χ3n) is 3.32. The zero-order chi connectivity index (χ0) is 11.4. The molecule has 2 rings (SSSR count).